The maximum absolute atomic E-state index is 6.06. The molecule has 19 heavy (non-hydrogen) atoms. The largest absolute Gasteiger partial charge is 0.397 e. The first-order valence-electron chi connectivity index (χ1n) is 6.67. The van der Waals surface area contributed by atoms with E-state index in [0.29, 0.717) is 6.61 Å². The van der Waals surface area contributed by atoms with Crippen LogP contribution in [0, 0.1) is 0 Å². The highest BCUT2D eigenvalue weighted by molar-refractivity contribution is 5.67. The summed E-state index contributed by atoms with van der Waals surface area (Å²) in [6, 6.07) is 5.97. The molecule has 0 saturated carbocycles. The van der Waals surface area contributed by atoms with Crippen molar-refractivity contribution in [1.29, 1.82) is 0 Å². The zero-order chi connectivity index (χ0) is 14.5. The fourth-order valence-corrected chi connectivity index (χ4v) is 1.70. The quantitative estimate of drug-likeness (QED) is 0.588. The van der Waals surface area contributed by atoms with Crippen LogP contribution in [0.1, 0.15) is 33.3 Å². The van der Waals surface area contributed by atoms with E-state index in [1.54, 1.807) is 7.11 Å². The van der Waals surface area contributed by atoms with Gasteiger partial charge in [-0.2, -0.15) is 0 Å². The zero-order valence-corrected chi connectivity index (χ0v) is 12.6. The molecule has 0 fully saturated rings. The number of nitrogens with one attached hydrogen (secondary N) is 1. The Labute approximate surface area is 116 Å². The average molecular weight is 266 g/mol. The Balaban J connectivity index is 2.63. The fraction of sp³-hybridized carbons (Fsp3) is 0.600. The predicted molar refractivity (Wildman–Crippen MR) is 80.5 cm³/mol. The predicted octanol–water partition coefficient (Wildman–Crippen LogP) is 2.99. The van der Waals surface area contributed by atoms with E-state index in [1.807, 2.05) is 45.9 Å². The van der Waals surface area contributed by atoms with Crippen LogP contribution in [0.25, 0.3) is 0 Å². The van der Waals surface area contributed by atoms with Crippen LogP contribution in [-0.2, 0) is 15.1 Å². The van der Waals surface area contributed by atoms with Gasteiger partial charge in [-0.25, -0.2) is 0 Å². The molecule has 108 valence electrons. The smallest absolute Gasteiger partial charge is 0.0872 e. The summed E-state index contributed by atoms with van der Waals surface area (Å²) in [6.07, 6.45) is 0.254. The van der Waals surface area contributed by atoms with Crippen molar-refractivity contribution in [1.82, 2.24) is 0 Å². The number of hydrogen-bond donors (Lipinski definition) is 2. The van der Waals surface area contributed by atoms with E-state index in [1.165, 1.54) is 0 Å². The molecule has 4 heteroatoms. The topological polar surface area (TPSA) is 56.5 Å². The normalized spacial score (nSPS) is 11.9. The van der Waals surface area contributed by atoms with E-state index in [9.17, 15) is 0 Å². The Bertz CT molecular complexity index is 403. The molecule has 0 aliphatic rings. The highest BCUT2D eigenvalue weighted by atomic mass is 16.5. The molecule has 0 heterocycles. The van der Waals surface area contributed by atoms with E-state index in [4.69, 9.17) is 15.2 Å². The second-order valence-corrected chi connectivity index (χ2v) is 5.36. The molecular formula is C15H26N2O2. The molecule has 1 aromatic carbocycles. The zero-order valence-electron chi connectivity index (χ0n) is 12.6. The number of hydrogen-bond acceptors (Lipinski definition) is 4. The summed E-state index contributed by atoms with van der Waals surface area (Å²) in [7, 11) is 1.70. The number of ether oxygens (including phenoxy) is 2. The van der Waals surface area contributed by atoms with E-state index in [-0.39, 0.29) is 11.7 Å². The van der Waals surface area contributed by atoms with Crippen LogP contribution in [0.15, 0.2) is 18.2 Å². The molecule has 1 rings (SSSR count). The Morgan fingerprint density at radius 3 is 2.53 bits per heavy atom. The van der Waals surface area contributed by atoms with Gasteiger partial charge in [-0.1, -0.05) is 6.07 Å². The van der Waals surface area contributed by atoms with Crippen molar-refractivity contribution in [3.63, 3.8) is 0 Å². The number of methoxy groups -OCH3 is 1. The summed E-state index contributed by atoms with van der Waals surface area (Å²) < 4.78 is 10.9. The minimum absolute atomic E-state index is 0.254. The maximum atomic E-state index is 6.06. The van der Waals surface area contributed by atoms with Crippen LogP contribution in [0.2, 0.25) is 0 Å². The summed E-state index contributed by atoms with van der Waals surface area (Å²) in [5, 5.41) is 3.27. The van der Waals surface area contributed by atoms with E-state index in [0.717, 1.165) is 23.5 Å². The Morgan fingerprint density at radius 2 is 2.00 bits per heavy atom. The van der Waals surface area contributed by atoms with Gasteiger partial charge in [0.15, 0.2) is 0 Å². The molecule has 0 unspecified atom stereocenters. The molecule has 0 amide bonds. The first kappa shape index (κ1) is 15.8. The minimum atomic E-state index is -0.326. The van der Waals surface area contributed by atoms with Crippen LogP contribution < -0.4 is 11.1 Å². The summed E-state index contributed by atoms with van der Waals surface area (Å²) in [5.41, 5.74) is 8.46. The monoisotopic (exact) mass is 266 g/mol. The highest BCUT2D eigenvalue weighted by Gasteiger charge is 2.19. The van der Waals surface area contributed by atoms with Crippen LogP contribution in [0.4, 0.5) is 11.4 Å². The van der Waals surface area contributed by atoms with Crippen molar-refractivity contribution in [3.05, 3.63) is 23.8 Å². The third-order valence-electron chi connectivity index (χ3n) is 3.13. The molecule has 0 aromatic heterocycles. The molecule has 0 spiro atoms. The summed E-state index contributed by atoms with van der Waals surface area (Å²) in [5.74, 6) is 0. The average Bonchev–Trinajstić information content (AvgIpc) is 2.35. The van der Waals surface area contributed by atoms with Gasteiger partial charge < -0.3 is 20.5 Å². The third-order valence-corrected chi connectivity index (χ3v) is 3.13. The first-order valence-corrected chi connectivity index (χ1v) is 6.67. The van der Waals surface area contributed by atoms with Gasteiger partial charge in [0.2, 0.25) is 0 Å². The Morgan fingerprint density at radius 1 is 1.32 bits per heavy atom. The van der Waals surface area contributed by atoms with Crippen molar-refractivity contribution in [3.8, 4) is 0 Å². The lowest BCUT2D eigenvalue weighted by atomic mass is 9.97. The van der Waals surface area contributed by atoms with Crippen molar-refractivity contribution < 1.29 is 9.47 Å². The van der Waals surface area contributed by atoms with Crippen LogP contribution in [-0.4, -0.2) is 26.4 Å². The molecule has 0 aliphatic heterocycles. The van der Waals surface area contributed by atoms with E-state index < -0.39 is 0 Å². The van der Waals surface area contributed by atoms with E-state index in [2.05, 4.69) is 5.32 Å². The lowest BCUT2D eigenvalue weighted by Gasteiger charge is -2.24. The number of nitrogen functional groups attached to an aromatic ring is 1. The molecular weight excluding hydrogens is 240 g/mol. The second kappa shape index (κ2) is 6.78. The minimum Gasteiger partial charge on any atom is -0.397 e. The Hall–Kier alpha value is -1.26. The molecule has 0 aliphatic carbocycles. The van der Waals surface area contributed by atoms with Gasteiger partial charge in [0.1, 0.15) is 0 Å². The SMILES string of the molecule is COC(C)(C)c1ccc(NCCOC(C)C)c(N)c1. The van der Waals surface area contributed by atoms with Gasteiger partial charge in [-0.15, -0.1) is 0 Å². The number of nitrogens with two attached hydrogens (primary N) is 1. The fourth-order valence-electron chi connectivity index (χ4n) is 1.70. The van der Waals surface area contributed by atoms with E-state index >= 15 is 0 Å². The highest BCUT2D eigenvalue weighted by Crippen LogP contribution is 2.28. The van der Waals surface area contributed by atoms with Crippen LogP contribution in [0.5, 0.6) is 0 Å². The van der Waals surface area contributed by atoms with Gasteiger partial charge in [-0.05, 0) is 45.4 Å². The van der Waals surface area contributed by atoms with Gasteiger partial charge in [0, 0.05) is 13.7 Å². The number of rotatable bonds is 7. The molecule has 3 N–H and O–H groups in total. The van der Waals surface area contributed by atoms with Crippen molar-refractivity contribution >= 4 is 11.4 Å². The molecule has 4 nitrogen and oxygen atoms in total. The second-order valence-electron chi connectivity index (χ2n) is 5.36. The third kappa shape index (κ3) is 4.73. The lowest BCUT2D eigenvalue weighted by molar-refractivity contribution is 0.0193. The summed E-state index contributed by atoms with van der Waals surface area (Å²) in [6.45, 7) is 9.50. The van der Waals surface area contributed by atoms with Crippen LogP contribution in [0.3, 0.4) is 0 Å². The lowest BCUT2D eigenvalue weighted by Crippen LogP contribution is -2.20. The molecule has 1 aromatic rings. The standard InChI is InChI=1S/C15H26N2O2/c1-11(2)19-9-8-17-14-7-6-12(10-13(14)16)15(3,4)18-5/h6-7,10-11,17H,8-9,16H2,1-5H3. The summed E-state index contributed by atoms with van der Waals surface area (Å²) >= 11 is 0. The van der Waals surface area contributed by atoms with Gasteiger partial charge >= 0.3 is 0 Å². The number of benzene rings is 1. The molecule has 0 radical (unpaired) electrons. The Kier molecular flexibility index (Phi) is 5.63. The van der Waals surface area contributed by atoms with Crippen LogP contribution >= 0.6 is 0 Å². The molecule has 0 bridgehead atoms. The molecule has 0 atom stereocenters. The van der Waals surface area contributed by atoms with Crippen molar-refractivity contribution in [2.75, 3.05) is 31.3 Å². The van der Waals surface area contributed by atoms with Gasteiger partial charge in [0.05, 0.1) is 29.7 Å². The maximum Gasteiger partial charge on any atom is 0.0872 e. The first-order chi connectivity index (χ1) is 8.86. The van der Waals surface area contributed by atoms with Crippen molar-refractivity contribution in [2.24, 2.45) is 0 Å². The van der Waals surface area contributed by atoms with Crippen molar-refractivity contribution in [2.45, 2.75) is 39.4 Å². The van der Waals surface area contributed by atoms with Gasteiger partial charge in [-0.3, -0.25) is 0 Å². The summed E-state index contributed by atoms with van der Waals surface area (Å²) in [4.78, 5) is 0. The number of anilines is 2. The van der Waals surface area contributed by atoms with Gasteiger partial charge in [0.25, 0.3) is 0 Å². The molecule has 0 saturated heterocycles.